The molecule has 0 aliphatic carbocycles. The molecule has 17 heavy (non-hydrogen) atoms. The first-order valence-electron chi connectivity index (χ1n) is 5.01. The van der Waals surface area contributed by atoms with Crippen LogP contribution >= 0.6 is 27.5 Å². The van der Waals surface area contributed by atoms with E-state index < -0.39 is 0 Å². The lowest BCUT2D eigenvalue weighted by molar-refractivity contribution is 0.845. The zero-order valence-corrected chi connectivity index (χ0v) is 11.5. The Morgan fingerprint density at radius 3 is 2.82 bits per heavy atom. The first-order valence-corrected chi connectivity index (χ1v) is 6.18. The number of hydrogen-bond acceptors (Lipinski definition) is 2. The number of para-hydroxylation sites is 1. The minimum absolute atomic E-state index is 0.330. The molecular formula is C12H9BrClN3. The second-order valence-electron chi connectivity index (χ2n) is 3.55. The average Bonchev–Trinajstić information content (AvgIpc) is 2.58. The van der Waals surface area contributed by atoms with Crippen molar-refractivity contribution in [1.82, 2.24) is 9.78 Å². The second kappa shape index (κ2) is 4.91. The van der Waals surface area contributed by atoms with Crippen molar-refractivity contribution >= 4 is 27.5 Å². The number of aryl methyl sites for hydroxylation is 1. The summed E-state index contributed by atoms with van der Waals surface area (Å²) in [6.45, 7) is 1.88. The third kappa shape index (κ3) is 2.21. The summed E-state index contributed by atoms with van der Waals surface area (Å²) < 4.78 is 2.49. The first kappa shape index (κ1) is 12.2. The molecule has 0 fully saturated rings. The number of rotatable bonds is 2. The van der Waals surface area contributed by atoms with Crippen LogP contribution in [0.1, 0.15) is 11.3 Å². The number of halogens is 2. The maximum absolute atomic E-state index is 8.77. The van der Waals surface area contributed by atoms with Gasteiger partial charge in [0.2, 0.25) is 0 Å². The van der Waals surface area contributed by atoms with E-state index in [2.05, 4.69) is 27.1 Å². The van der Waals surface area contributed by atoms with E-state index in [4.69, 9.17) is 16.9 Å². The Morgan fingerprint density at radius 1 is 1.47 bits per heavy atom. The topological polar surface area (TPSA) is 41.6 Å². The molecule has 0 saturated heterocycles. The molecule has 0 bridgehead atoms. The van der Waals surface area contributed by atoms with Crippen LogP contribution in [0.25, 0.3) is 5.69 Å². The van der Waals surface area contributed by atoms with Crippen LogP contribution in [0.5, 0.6) is 0 Å². The molecule has 0 aliphatic heterocycles. The smallest absolute Gasteiger partial charge is 0.114 e. The lowest BCUT2D eigenvalue weighted by Crippen LogP contribution is -1.97. The fourth-order valence-electron chi connectivity index (χ4n) is 1.59. The van der Waals surface area contributed by atoms with E-state index in [-0.39, 0.29) is 0 Å². The molecule has 0 saturated carbocycles. The van der Waals surface area contributed by atoms with Gasteiger partial charge in [0, 0.05) is 5.56 Å². The van der Waals surface area contributed by atoms with E-state index in [1.54, 1.807) is 4.68 Å². The quantitative estimate of drug-likeness (QED) is 0.849. The Balaban J connectivity index is 2.59. The van der Waals surface area contributed by atoms with E-state index in [9.17, 15) is 0 Å². The molecule has 2 aromatic rings. The van der Waals surface area contributed by atoms with Gasteiger partial charge in [-0.05, 0) is 35.0 Å². The summed E-state index contributed by atoms with van der Waals surface area (Å²) in [5.41, 5.74) is 2.53. The van der Waals surface area contributed by atoms with Crippen LogP contribution in [0.2, 0.25) is 5.02 Å². The van der Waals surface area contributed by atoms with Crippen molar-refractivity contribution in [2.75, 3.05) is 0 Å². The lowest BCUT2D eigenvalue weighted by Gasteiger charge is -2.05. The minimum Gasteiger partial charge on any atom is -0.225 e. The molecule has 0 N–H and O–H groups in total. The van der Waals surface area contributed by atoms with Crippen molar-refractivity contribution in [3.05, 3.63) is 45.1 Å². The summed E-state index contributed by atoms with van der Waals surface area (Å²) in [4.78, 5) is 0. The molecule has 1 heterocycles. The summed E-state index contributed by atoms with van der Waals surface area (Å²) in [5, 5.41) is 13.8. The van der Waals surface area contributed by atoms with Crippen LogP contribution in [0.4, 0.5) is 0 Å². The van der Waals surface area contributed by atoms with Crippen LogP contribution in [0.3, 0.4) is 0 Å². The van der Waals surface area contributed by atoms with Gasteiger partial charge in [0.1, 0.15) is 4.60 Å². The molecule has 0 amide bonds. The molecule has 3 nitrogen and oxygen atoms in total. The number of nitriles is 1. The monoisotopic (exact) mass is 309 g/mol. The van der Waals surface area contributed by atoms with Gasteiger partial charge in [-0.2, -0.15) is 10.4 Å². The van der Waals surface area contributed by atoms with E-state index in [0.29, 0.717) is 11.4 Å². The minimum atomic E-state index is 0.330. The van der Waals surface area contributed by atoms with Crippen LogP contribution in [0.15, 0.2) is 28.9 Å². The predicted octanol–water partition coefficient (Wildman–Crippen LogP) is 3.66. The molecule has 0 atom stereocenters. The van der Waals surface area contributed by atoms with Crippen molar-refractivity contribution in [3.8, 4) is 11.8 Å². The van der Waals surface area contributed by atoms with Crippen LogP contribution in [0, 0.1) is 18.3 Å². The Kier molecular flexibility index (Phi) is 3.51. The maximum atomic E-state index is 8.77. The molecule has 1 aromatic carbocycles. The highest BCUT2D eigenvalue weighted by Crippen LogP contribution is 2.27. The zero-order valence-electron chi connectivity index (χ0n) is 9.11. The van der Waals surface area contributed by atoms with Crippen LogP contribution in [-0.4, -0.2) is 9.78 Å². The summed E-state index contributed by atoms with van der Waals surface area (Å²) in [7, 11) is 0. The maximum Gasteiger partial charge on any atom is 0.114 e. The molecule has 1 aromatic heterocycles. The fraction of sp³-hybridized carbons (Fsp3) is 0.167. The zero-order chi connectivity index (χ0) is 12.4. The summed E-state index contributed by atoms with van der Waals surface area (Å²) >= 11 is 9.59. The van der Waals surface area contributed by atoms with Gasteiger partial charge in [-0.15, -0.1) is 0 Å². The van der Waals surface area contributed by atoms with Crippen molar-refractivity contribution in [2.45, 2.75) is 13.3 Å². The summed E-state index contributed by atoms with van der Waals surface area (Å²) in [6.07, 6.45) is 0.330. The molecule has 0 aliphatic rings. The van der Waals surface area contributed by atoms with Gasteiger partial charge in [0.25, 0.3) is 0 Å². The number of nitrogens with zero attached hydrogens (tertiary/aromatic N) is 3. The third-order valence-electron chi connectivity index (χ3n) is 2.46. The number of benzene rings is 1. The molecule has 0 spiro atoms. The highest BCUT2D eigenvalue weighted by atomic mass is 79.9. The molecule has 86 valence electrons. The van der Waals surface area contributed by atoms with Gasteiger partial charge in [-0.3, -0.25) is 0 Å². The van der Waals surface area contributed by atoms with Gasteiger partial charge in [-0.1, -0.05) is 23.7 Å². The molecule has 2 rings (SSSR count). The number of hydrogen-bond donors (Lipinski definition) is 0. The third-order valence-corrected chi connectivity index (χ3v) is 3.59. The Hall–Kier alpha value is -1.31. The molecule has 0 unspecified atom stereocenters. The number of aromatic nitrogens is 2. The lowest BCUT2D eigenvalue weighted by atomic mass is 10.2. The molecule has 5 heteroatoms. The van der Waals surface area contributed by atoms with Crippen molar-refractivity contribution in [2.24, 2.45) is 0 Å². The highest BCUT2D eigenvalue weighted by Gasteiger charge is 2.15. The van der Waals surface area contributed by atoms with Crippen molar-refractivity contribution in [3.63, 3.8) is 0 Å². The van der Waals surface area contributed by atoms with E-state index in [1.807, 2.05) is 31.2 Å². The molecule has 0 radical (unpaired) electrons. The second-order valence-corrected chi connectivity index (χ2v) is 4.71. The van der Waals surface area contributed by atoms with Gasteiger partial charge in [-0.25, -0.2) is 4.68 Å². The molecular weight excluding hydrogens is 302 g/mol. The van der Waals surface area contributed by atoms with E-state index in [0.717, 1.165) is 21.5 Å². The standard InChI is InChI=1S/C12H9BrClN3/c1-8-9(6-7-15)12(13)17(16-8)11-5-3-2-4-10(11)14/h2-5H,6H2,1H3. The highest BCUT2D eigenvalue weighted by molar-refractivity contribution is 9.10. The van der Waals surface area contributed by atoms with Gasteiger partial charge in [0.15, 0.2) is 0 Å². The fourth-order valence-corrected chi connectivity index (χ4v) is 2.51. The van der Waals surface area contributed by atoms with Crippen molar-refractivity contribution < 1.29 is 0 Å². The van der Waals surface area contributed by atoms with E-state index in [1.165, 1.54) is 0 Å². The summed E-state index contributed by atoms with van der Waals surface area (Å²) in [5.74, 6) is 0. The Morgan fingerprint density at radius 2 is 2.18 bits per heavy atom. The van der Waals surface area contributed by atoms with Crippen molar-refractivity contribution in [1.29, 1.82) is 5.26 Å². The van der Waals surface area contributed by atoms with E-state index >= 15 is 0 Å². The van der Waals surface area contributed by atoms with Crippen LogP contribution in [-0.2, 0) is 6.42 Å². The Bertz CT molecular complexity index is 598. The van der Waals surface area contributed by atoms with Gasteiger partial charge < -0.3 is 0 Å². The Labute approximate surface area is 113 Å². The summed E-state index contributed by atoms with van der Waals surface area (Å²) in [6, 6.07) is 9.59. The first-order chi connectivity index (χ1) is 8.15. The predicted molar refractivity (Wildman–Crippen MR) is 70.3 cm³/mol. The van der Waals surface area contributed by atoms with Gasteiger partial charge in [0.05, 0.1) is 28.9 Å². The largest absolute Gasteiger partial charge is 0.225 e. The normalized spacial score (nSPS) is 10.2. The SMILES string of the molecule is Cc1nn(-c2ccccc2Cl)c(Br)c1CC#N. The van der Waals surface area contributed by atoms with Gasteiger partial charge >= 0.3 is 0 Å². The average molecular weight is 311 g/mol. The van der Waals surface area contributed by atoms with Crippen LogP contribution < -0.4 is 0 Å².